The summed E-state index contributed by atoms with van der Waals surface area (Å²) in [5, 5.41) is 0. The number of halogens is 4. The summed E-state index contributed by atoms with van der Waals surface area (Å²) < 4.78 is 9.04. The van der Waals surface area contributed by atoms with Crippen LogP contribution in [0.2, 0.25) is 0 Å². The molecular formula is C21H38I4N2O6. The summed E-state index contributed by atoms with van der Waals surface area (Å²) in [7, 11) is 9.58. The van der Waals surface area contributed by atoms with Crippen LogP contribution < -0.4 is 0 Å². The summed E-state index contributed by atoms with van der Waals surface area (Å²) in [4.78, 5) is 48.2. The summed E-state index contributed by atoms with van der Waals surface area (Å²) in [6.45, 7) is 10.6. The number of methoxy groups -OCH3 is 2. The van der Waals surface area contributed by atoms with Crippen molar-refractivity contribution >= 4 is 98.0 Å². The molecule has 0 amide bonds. The van der Waals surface area contributed by atoms with Crippen molar-refractivity contribution in [3.63, 3.8) is 0 Å². The van der Waals surface area contributed by atoms with E-state index in [-0.39, 0.29) is 43.8 Å². The normalized spacial score (nSPS) is 10.3. The smallest absolute Gasteiger partial charge is 0.308 e. The molecule has 0 aliphatic rings. The van der Waals surface area contributed by atoms with Gasteiger partial charge in [0, 0.05) is 115 Å². The molecule has 0 aliphatic heterocycles. The molecule has 0 aromatic rings. The molecule has 0 N–H and O–H groups in total. The molecule has 0 heterocycles. The zero-order valence-electron chi connectivity index (χ0n) is 19.8. The largest absolute Gasteiger partial charge is 0.469 e. The molecule has 0 fully saturated rings. The number of allylic oxidation sites excluding steroid dienone is 2. The van der Waals surface area contributed by atoms with Gasteiger partial charge in [-0.25, -0.2) is 0 Å². The Hall–Kier alpha value is 0.280. The Morgan fingerprint density at radius 2 is 0.909 bits per heavy atom. The van der Waals surface area contributed by atoms with Crippen molar-refractivity contribution in [1.29, 1.82) is 0 Å². The molecule has 33 heavy (non-hydrogen) atoms. The Morgan fingerprint density at radius 1 is 0.697 bits per heavy atom. The molecule has 0 aromatic carbocycles. The third kappa shape index (κ3) is 22.5. The van der Waals surface area contributed by atoms with Crippen LogP contribution in [0, 0.1) is 11.8 Å². The SMILES string of the molecule is C.C=C(C(=O)C[C@@H](C)C(=O)OC)N(C)C.C=C(C(=O)C[C@H](C)C(=O)OC)N(C)C.II.II. The fourth-order valence-electron chi connectivity index (χ4n) is 1.86. The minimum absolute atomic E-state index is 0. The van der Waals surface area contributed by atoms with E-state index in [4.69, 9.17) is 0 Å². The number of carbonyl (C=O) groups excluding carboxylic acids is 4. The van der Waals surface area contributed by atoms with Crippen LogP contribution in [0.15, 0.2) is 24.6 Å². The van der Waals surface area contributed by atoms with Crippen molar-refractivity contribution in [2.24, 2.45) is 11.8 Å². The van der Waals surface area contributed by atoms with Gasteiger partial charge in [0.05, 0.1) is 37.4 Å². The molecular weight excluding hydrogens is 884 g/mol. The van der Waals surface area contributed by atoms with Crippen LogP contribution >= 0.6 is 74.5 Å². The second kappa shape index (κ2) is 26.9. The molecule has 0 rings (SSSR count). The Labute approximate surface area is 246 Å². The Bertz CT molecular complexity index is 562. The lowest BCUT2D eigenvalue weighted by Gasteiger charge is -2.15. The average Bonchev–Trinajstić information content (AvgIpc) is 2.79. The van der Waals surface area contributed by atoms with Crippen molar-refractivity contribution in [3.05, 3.63) is 24.6 Å². The molecule has 0 saturated heterocycles. The van der Waals surface area contributed by atoms with Gasteiger partial charge in [0.15, 0.2) is 11.6 Å². The van der Waals surface area contributed by atoms with Crippen LogP contribution in [0.1, 0.15) is 34.1 Å². The highest BCUT2D eigenvalue weighted by Crippen LogP contribution is 2.10. The summed E-state index contributed by atoms with van der Waals surface area (Å²) in [6, 6.07) is 0. The van der Waals surface area contributed by atoms with E-state index in [0.29, 0.717) is 11.4 Å². The van der Waals surface area contributed by atoms with Crippen molar-refractivity contribution < 1.29 is 28.7 Å². The maximum Gasteiger partial charge on any atom is 0.308 e. The first-order chi connectivity index (χ1) is 14.8. The number of nitrogens with zero attached hydrogens (tertiary/aromatic N) is 2. The average molecular weight is 922 g/mol. The maximum atomic E-state index is 11.5. The number of rotatable bonds is 10. The molecule has 0 spiro atoms. The van der Waals surface area contributed by atoms with Crippen molar-refractivity contribution in [2.45, 2.75) is 34.1 Å². The number of ether oxygens (including phenoxy) is 2. The standard InChI is InChI=1S/2C10H17NO3.CH4.2I2/c2*1-7(10(13)14-5)6-9(12)8(2)11(3)4;;2*1-2/h2*7H,2,6H2,1,3-5H3;1H4;;/t2*7-;;;/m10.../s1. The van der Waals surface area contributed by atoms with Crippen LogP contribution in [0.3, 0.4) is 0 Å². The van der Waals surface area contributed by atoms with Crippen molar-refractivity contribution in [2.75, 3.05) is 42.4 Å². The number of likely N-dealkylation sites (N-methyl/N-ethyl adjacent to an activating group) is 2. The maximum absolute atomic E-state index is 11.5. The lowest BCUT2D eigenvalue weighted by molar-refractivity contribution is -0.146. The summed E-state index contributed by atoms with van der Waals surface area (Å²) >= 11 is 8.48. The second-order valence-corrected chi connectivity index (χ2v) is 6.79. The van der Waals surface area contributed by atoms with E-state index in [0.717, 1.165) is 0 Å². The highest BCUT2D eigenvalue weighted by atomic mass is 128. The first-order valence-electron chi connectivity index (χ1n) is 9.03. The molecule has 0 radical (unpaired) electrons. The van der Waals surface area contributed by atoms with Gasteiger partial charge in [-0.15, -0.1) is 0 Å². The van der Waals surface area contributed by atoms with E-state index in [1.54, 1.807) is 51.8 Å². The highest BCUT2D eigenvalue weighted by Gasteiger charge is 2.20. The molecule has 0 bridgehead atoms. The molecule has 0 aliphatic carbocycles. The van der Waals surface area contributed by atoms with Gasteiger partial charge in [0.1, 0.15) is 0 Å². The zero-order valence-corrected chi connectivity index (χ0v) is 28.5. The Kier molecular flexibility index (Phi) is 35.3. The van der Waals surface area contributed by atoms with Gasteiger partial charge in [0.2, 0.25) is 0 Å². The van der Waals surface area contributed by atoms with E-state index in [2.05, 4.69) is 97.1 Å². The third-order valence-corrected chi connectivity index (χ3v) is 3.91. The Balaban J connectivity index is -0.000000134. The Morgan fingerprint density at radius 3 is 1.06 bits per heavy atom. The van der Waals surface area contributed by atoms with Gasteiger partial charge < -0.3 is 19.3 Å². The summed E-state index contributed by atoms with van der Waals surface area (Å²) in [5.41, 5.74) is 0.807. The minimum atomic E-state index is -0.413. The molecule has 8 nitrogen and oxygen atoms in total. The van der Waals surface area contributed by atoms with Crippen LogP contribution in [0.4, 0.5) is 0 Å². The van der Waals surface area contributed by atoms with Crippen LogP contribution in [0.5, 0.6) is 0 Å². The predicted molar refractivity (Wildman–Crippen MR) is 170 cm³/mol. The first kappa shape index (κ1) is 43.4. The predicted octanol–water partition coefficient (Wildman–Crippen LogP) is 5.84. The van der Waals surface area contributed by atoms with Crippen LogP contribution in [-0.2, 0) is 28.7 Å². The number of hydrogen-bond acceptors (Lipinski definition) is 8. The lowest BCUT2D eigenvalue weighted by Crippen LogP contribution is -2.23. The summed E-state index contributed by atoms with van der Waals surface area (Å²) in [5.74, 6) is -1.83. The number of carbonyl (C=O) groups is 4. The van der Waals surface area contributed by atoms with Gasteiger partial charge in [-0.05, 0) is 0 Å². The molecule has 0 saturated carbocycles. The lowest BCUT2D eigenvalue weighted by atomic mass is 10.0. The van der Waals surface area contributed by atoms with Gasteiger partial charge in [-0.1, -0.05) is 34.4 Å². The summed E-state index contributed by atoms with van der Waals surface area (Å²) in [6.07, 6.45) is 0.285. The molecule has 0 unspecified atom stereocenters. The highest BCUT2D eigenvalue weighted by molar-refractivity contribution is 15.0. The monoisotopic (exact) mass is 922 g/mol. The molecule has 2 atom stereocenters. The second-order valence-electron chi connectivity index (χ2n) is 6.79. The number of Topliss-reactive ketones (excluding diaryl/α,β-unsaturated/α-hetero) is 2. The van der Waals surface area contributed by atoms with E-state index >= 15 is 0 Å². The first-order valence-corrected chi connectivity index (χ1v) is 21.6. The fourth-order valence-corrected chi connectivity index (χ4v) is 1.86. The quantitative estimate of drug-likeness (QED) is 0.154. The van der Waals surface area contributed by atoms with E-state index in [1.807, 2.05) is 0 Å². The topological polar surface area (TPSA) is 93.2 Å². The van der Waals surface area contributed by atoms with E-state index < -0.39 is 11.8 Å². The van der Waals surface area contributed by atoms with Gasteiger partial charge in [-0.2, -0.15) is 0 Å². The van der Waals surface area contributed by atoms with Gasteiger partial charge in [-0.3, -0.25) is 19.2 Å². The van der Waals surface area contributed by atoms with E-state index in [9.17, 15) is 19.2 Å². The fraction of sp³-hybridized carbons (Fsp3) is 0.619. The van der Waals surface area contributed by atoms with Crippen LogP contribution in [-0.4, -0.2) is 75.7 Å². The number of hydrogen-bond donors (Lipinski definition) is 0. The van der Waals surface area contributed by atoms with Crippen LogP contribution in [0.25, 0.3) is 0 Å². The van der Waals surface area contributed by atoms with Crippen molar-refractivity contribution in [1.82, 2.24) is 9.80 Å². The van der Waals surface area contributed by atoms with Gasteiger partial charge in [0.25, 0.3) is 0 Å². The van der Waals surface area contributed by atoms with E-state index in [1.165, 1.54) is 14.2 Å². The van der Waals surface area contributed by atoms with Crippen molar-refractivity contribution in [3.8, 4) is 0 Å². The van der Waals surface area contributed by atoms with Gasteiger partial charge >= 0.3 is 11.9 Å². The zero-order chi connectivity index (χ0) is 26.6. The molecule has 0 aromatic heterocycles. The minimum Gasteiger partial charge on any atom is -0.469 e. The number of esters is 2. The number of ketones is 2. The third-order valence-electron chi connectivity index (χ3n) is 3.91. The molecule has 12 heteroatoms. The molecule has 196 valence electrons.